The first-order valence-corrected chi connectivity index (χ1v) is 7.04. The maximum atomic E-state index is 12.5. The molecule has 0 fully saturated rings. The molecule has 0 bridgehead atoms. The van der Waals surface area contributed by atoms with Gasteiger partial charge in [-0.15, -0.1) is 0 Å². The van der Waals surface area contributed by atoms with E-state index in [1.807, 2.05) is 0 Å². The number of carbonyl (C=O) groups excluding carboxylic acids is 2. The zero-order valence-electron chi connectivity index (χ0n) is 13.3. The molecule has 0 unspecified atom stereocenters. The number of aromatic amines is 1. The number of carbonyl (C=O) groups is 2. The molecule has 8 heteroatoms. The van der Waals surface area contributed by atoms with Crippen molar-refractivity contribution in [2.24, 2.45) is 0 Å². The van der Waals surface area contributed by atoms with E-state index in [2.05, 4.69) is 20.1 Å². The van der Waals surface area contributed by atoms with E-state index >= 15 is 0 Å². The van der Waals surface area contributed by atoms with Crippen LogP contribution in [0.15, 0.2) is 30.7 Å². The van der Waals surface area contributed by atoms with Gasteiger partial charge in [-0.1, -0.05) is 0 Å². The van der Waals surface area contributed by atoms with Crippen molar-refractivity contribution in [1.82, 2.24) is 15.3 Å². The number of esters is 1. The van der Waals surface area contributed by atoms with E-state index in [-0.39, 0.29) is 12.0 Å². The summed E-state index contributed by atoms with van der Waals surface area (Å²) < 4.78 is 9.91. The number of methoxy groups -OCH3 is 2. The van der Waals surface area contributed by atoms with Crippen LogP contribution < -0.4 is 10.1 Å². The third kappa shape index (κ3) is 3.89. The number of nitrogens with one attached hydrogen (secondary N) is 2. The molecule has 2 rings (SSSR count). The molecule has 1 atom stereocenters. The van der Waals surface area contributed by atoms with E-state index < -0.39 is 17.9 Å². The van der Waals surface area contributed by atoms with Crippen LogP contribution in [0.4, 0.5) is 5.69 Å². The number of H-pyrrole nitrogens is 1. The molecule has 0 aliphatic heterocycles. The smallest absolute Gasteiger partial charge is 0.343 e. The van der Waals surface area contributed by atoms with Crippen LogP contribution in [0.2, 0.25) is 0 Å². The molecule has 124 valence electrons. The predicted molar refractivity (Wildman–Crippen MR) is 86.5 cm³/mol. The highest BCUT2D eigenvalue weighted by molar-refractivity contribution is 5.99. The van der Waals surface area contributed by atoms with Gasteiger partial charge in [-0.05, 0) is 10.9 Å². The summed E-state index contributed by atoms with van der Waals surface area (Å²) in [6.07, 6.45) is 3.28. The molecule has 1 aromatic heterocycles. The number of nitrogens with zero attached hydrogens (tertiary/aromatic N) is 2. The molecule has 24 heavy (non-hydrogen) atoms. The van der Waals surface area contributed by atoms with Crippen molar-refractivity contribution >= 4 is 17.6 Å². The third-order valence-electron chi connectivity index (χ3n) is 3.35. The van der Waals surface area contributed by atoms with Crippen LogP contribution in [0.1, 0.15) is 16.1 Å². The Labute approximate surface area is 138 Å². The van der Waals surface area contributed by atoms with Gasteiger partial charge in [-0.3, -0.25) is 4.79 Å². The van der Waals surface area contributed by atoms with Crippen LogP contribution in [0.25, 0.3) is 4.85 Å². The van der Waals surface area contributed by atoms with Crippen molar-refractivity contribution < 1.29 is 19.1 Å². The second kappa shape index (κ2) is 7.78. The highest BCUT2D eigenvalue weighted by Gasteiger charge is 2.25. The minimum atomic E-state index is -0.869. The molecule has 2 aromatic rings. The Morgan fingerprint density at radius 1 is 1.42 bits per heavy atom. The van der Waals surface area contributed by atoms with Crippen LogP contribution >= 0.6 is 0 Å². The number of ether oxygens (including phenoxy) is 2. The fraction of sp³-hybridized carbons (Fsp3) is 0.250. The SMILES string of the molecule is C#[N+]c1ccc(C(=O)N[C@H](Cc2cnc[nH]2)C(=O)OC)c(OC)c1. The number of rotatable bonds is 6. The number of benzene rings is 1. The number of hydrogen-bond donors (Lipinski definition) is 2. The van der Waals surface area contributed by atoms with Crippen molar-refractivity contribution in [3.8, 4) is 12.3 Å². The number of amides is 1. The number of imidazole rings is 1. The van der Waals surface area contributed by atoms with Crippen LogP contribution in [0.5, 0.6) is 5.75 Å². The zero-order chi connectivity index (χ0) is 17.5. The standard InChI is InChI=1S/C16H16N4O4/c1-17-10-4-5-12(14(7-10)23-2)15(21)20-13(16(22)24-3)6-11-8-18-9-19-11/h1,4-5,7-9,13H,6H2,2-3H3,(H-,18,19,20,21)/p+1/t13-/m1/s1. The summed E-state index contributed by atoms with van der Waals surface area (Å²) in [6, 6.07) is 3.74. The van der Waals surface area contributed by atoms with Crippen molar-refractivity contribution in [2.75, 3.05) is 14.2 Å². The Kier molecular flexibility index (Phi) is 5.52. The van der Waals surface area contributed by atoms with Gasteiger partial charge < -0.3 is 19.8 Å². The fourth-order valence-electron chi connectivity index (χ4n) is 2.14. The van der Waals surface area contributed by atoms with Crippen molar-refractivity contribution in [3.63, 3.8) is 0 Å². The van der Waals surface area contributed by atoms with Gasteiger partial charge in [0.15, 0.2) is 0 Å². The summed E-state index contributed by atoms with van der Waals surface area (Å²) >= 11 is 0. The number of hydrogen-bond acceptors (Lipinski definition) is 5. The van der Waals surface area contributed by atoms with E-state index in [1.54, 1.807) is 12.3 Å². The lowest BCUT2D eigenvalue weighted by atomic mass is 10.1. The Hall–Kier alpha value is -3.34. The number of aromatic nitrogens is 2. The van der Waals surface area contributed by atoms with Crippen molar-refractivity contribution in [1.29, 1.82) is 0 Å². The average molecular weight is 329 g/mol. The Bertz CT molecular complexity index is 765. The lowest BCUT2D eigenvalue weighted by Gasteiger charge is -2.16. The minimum absolute atomic E-state index is 0.219. The second-order valence-corrected chi connectivity index (χ2v) is 4.84. The Morgan fingerprint density at radius 2 is 2.21 bits per heavy atom. The molecule has 0 saturated heterocycles. The maximum absolute atomic E-state index is 12.5. The molecule has 2 N–H and O–H groups in total. The highest BCUT2D eigenvalue weighted by atomic mass is 16.5. The van der Waals surface area contributed by atoms with Gasteiger partial charge in [0.2, 0.25) is 0 Å². The lowest BCUT2D eigenvalue weighted by molar-refractivity contribution is -0.142. The van der Waals surface area contributed by atoms with Crippen LogP contribution in [-0.2, 0) is 16.0 Å². The lowest BCUT2D eigenvalue weighted by Crippen LogP contribution is -2.43. The highest BCUT2D eigenvalue weighted by Crippen LogP contribution is 2.25. The summed E-state index contributed by atoms with van der Waals surface area (Å²) in [5, 5.41) is 2.63. The van der Waals surface area contributed by atoms with Crippen molar-refractivity contribution in [2.45, 2.75) is 12.5 Å². The van der Waals surface area contributed by atoms with Gasteiger partial charge in [-0.2, -0.15) is 0 Å². The summed E-state index contributed by atoms with van der Waals surface area (Å²) in [6.45, 7) is 5.21. The quantitative estimate of drug-likeness (QED) is 0.783. The molecule has 0 aliphatic rings. The normalized spacial score (nSPS) is 11.2. The topological polar surface area (TPSA) is 97.7 Å². The van der Waals surface area contributed by atoms with Crippen LogP contribution in [0, 0.1) is 6.57 Å². The molecular formula is C16H17N4O4+. The third-order valence-corrected chi connectivity index (χ3v) is 3.35. The Morgan fingerprint density at radius 3 is 2.79 bits per heavy atom. The molecule has 0 spiro atoms. The van der Waals surface area contributed by atoms with E-state index in [0.717, 1.165) is 0 Å². The molecular weight excluding hydrogens is 312 g/mol. The summed E-state index contributed by atoms with van der Waals surface area (Å²) in [4.78, 5) is 34.7. The first-order chi connectivity index (χ1) is 11.6. The van der Waals surface area contributed by atoms with Crippen LogP contribution in [0.3, 0.4) is 0 Å². The van der Waals surface area contributed by atoms with Gasteiger partial charge in [-0.25, -0.2) is 9.78 Å². The summed E-state index contributed by atoms with van der Waals surface area (Å²) in [5.41, 5.74) is 1.41. The first-order valence-electron chi connectivity index (χ1n) is 7.04. The molecule has 0 saturated carbocycles. The molecule has 0 radical (unpaired) electrons. The molecule has 1 heterocycles. The first kappa shape index (κ1) is 17.0. The van der Waals surface area contributed by atoms with Gasteiger partial charge in [0.25, 0.3) is 12.5 Å². The molecule has 8 nitrogen and oxygen atoms in total. The Balaban J connectivity index is 2.21. The predicted octanol–water partition coefficient (Wildman–Crippen LogP) is 1.53. The van der Waals surface area contributed by atoms with Gasteiger partial charge in [0.1, 0.15) is 11.8 Å². The van der Waals surface area contributed by atoms with Gasteiger partial charge in [0, 0.05) is 24.4 Å². The van der Waals surface area contributed by atoms with E-state index in [9.17, 15) is 9.59 Å². The zero-order valence-corrected chi connectivity index (χ0v) is 13.3. The van der Waals surface area contributed by atoms with E-state index in [0.29, 0.717) is 17.1 Å². The van der Waals surface area contributed by atoms with Crippen LogP contribution in [-0.4, -0.2) is 42.1 Å². The molecule has 0 aliphatic carbocycles. The van der Waals surface area contributed by atoms with Gasteiger partial charge >= 0.3 is 11.7 Å². The molecule has 1 amide bonds. The summed E-state index contributed by atoms with van der Waals surface area (Å²) in [7, 11) is 2.68. The minimum Gasteiger partial charge on any atom is -0.496 e. The van der Waals surface area contributed by atoms with E-state index in [4.69, 9.17) is 16.0 Å². The summed E-state index contributed by atoms with van der Waals surface area (Å²) in [5.74, 6) is -0.750. The largest absolute Gasteiger partial charge is 0.496 e. The fourth-order valence-corrected chi connectivity index (χ4v) is 2.14. The second-order valence-electron chi connectivity index (χ2n) is 4.84. The average Bonchev–Trinajstić information content (AvgIpc) is 3.12. The molecule has 1 aromatic carbocycles. The van der Waals surface area contributed by atoms with E-state index in [1.165, 1.54) is 32.7 Å². The van der Waals surface area contributed by atoms with Gasteiger partial charge in [0.05, 0.1) is 32.2 Å². The monoisotopic (exact) mass is 329 g/mol. The maximum Gasteiger partial charge on any atom is 0.343 e. The van der Waals surface area contributed by atoms with Crippen molar-refractivity contribution in [3.05, 3.63) is 46.8 Å².